The maximum Gasteiger partial charge on any atom is 0.387 e. The Bertz CT molecular complexity index is 657. The van der Waals surface area contributed by atoms with Crippen molar-refractivity contribution in [2.45, 2.75) is 12.8 Å². The number of fused-ring (bicyclic) bond motifs is 1. The highest BCUT2D eigenvalue weighted by molar-refractivity contribution is 5.87. The first-order chi connectivity index (χ1) is 9.26. The first-order valence-electron chi connectivity index (χ1n) is 6.03. The zero-order valence-corrected chi connectivity index (χ0v) is 10.7. The Balaban J connectivity index is 2.39. The maximum atomic E-state index is 9.51. The standard InChI is InChI=1S/C15H14N2O2/c1-19-15-9-6-11-4-2-3-5-13(11)14(15)8-7-12(18)10-17-16/h2-6,9-10H,7-8H2,1H3/p+1/b12-10+. The quantitative estimate of drug-likeness (QED) is 0.662. The third-order valence-electron chi connectivity index (χ3n) is 3.06. The van der Waals surface area contributed by atoms with Crippen LogP contribution in [0.25, 0.3) is 15.7 Å². The van der Waals surface area contributed by atoms with Gasteiger partial charge in [0, 0.05) is 12.0 Å². The van der Waals surface area contributed by atoms with E-state index in [0.717, 1.165) is 28.3 Å². The minimum Gasteiger partial charge on any atom is -0.505 e. The molecule has 0 bridgehead atoms. The molecule has 0 atom stereocenters. The molecule has 0 heterocycles. The van der Waals surface area contributed by atoms with Crippen LogP contribution in [0.4, 0.5) is 0 Å². The normalized spacial score (nSPS) is 11.3. The summed E-state index contributed by atoms with van der Waals surface area (Å²) in [7, 11) is 1.63. The van der Waals surface area contributed by atoms with Crippen molar-refractivity contribution in [3.63, 3.8) is 0 Å². The Kier molecular flexibility index (Phi) is 3.99. The van der Waals surface area contributed by atoms with E-state index >= 15 is 0 Å². The minimum atomic E-state index is 0.0393. The average Bonchev–Trinajstić information content (AvgIpc) is 2.44. The van der Waals surface area contributed by atoms with Crippen molar-refractivity contribution in [1.82, 2.24) is 0 Å². The molecule has 4 nitrogen and oxygen atoms in total. The van der Waals surface area contributed by atoms with E-state index in [1.807, 2.05) is 36.4 Å². The van der Waals surface area contributed by atoms with Gasteiger partial charge in [0.05, 0.1) is 7.11 Å². The van der Waals surface area contributed by atoms with Crippen molar-refractivity contribution in [3.8, 4) is 5.75 Å². The van der Waals surface area contributed by atoms with E-state index in [4.69, 9.17) is 10.1 Å². The van der Waals surface area contributed by atoms with Gasteiger partial charge in [0.25, 0.3) is 0 Å². The molecule has 2 rings (SSSR count). The number of hydrogen-bond acceptors (Lipinski definition) is 3. The summed E-state index contributed by atoms with van der Waals surface area (Å²) in [6, 6.07) is 12.0. The Morgan fingerprint density at radius 1 is 1.32 bits per heavy atom. The van der Waals surface area contributed by atoms with Crippen molar-refractivity contribution in [1.29, 1.82) is 5.39 Å². The molecule has 0 aliphatic heterocycles. The summed E-state index contributed by atoms with van der Waals surface area (Å²) in [6.45, 7) is 0. The molecule has 4 heteroatoms. The number of benzene rings is 2. The van der Waals surface area contributed by atoms with Crippen LogP contribution < -0.4 is 4.74 Å². The molecule has 0 saturated carbocycles. The molecule has 2 aromatic rings. The van der Waals surface area contributed by atoms with Gasteiger partial charge in [-0.15, -0.1) is 0 Å². The van der Waals surface area contributed by atoms with Crippen LogP contribution in [0.2, 0.25) is 0 Å². The predicted molar refractivity (Wildman–Crippen MR) is 74.6 cm³/mol. The second-order valence-corrected chi connectivity index (χ2v) is 4.20. The molecule has 2 aromatic carbocycles. The first-order valence-corrected chi connectivity index (χ1v) is 6.03. The lowest BCUT2D eigenvalue weighted by molar-refractivity contribution is 0.384. The van der Waals surface area contributed by atoms with Gasteiger partial charge in [-0.25, -0.2) is 0 Å². The molecular weight excluding hydrogens is 240 g/mol. The number of rotatable bonds is 4. The number of ether oxygens (including phenoxy) is 1. The van der Waals surface area contributed by atoms with Gasteiger partial charge in [0.1, 0.15) is 5.75 Å². The van der Waals surface area contributed by atoms with Crippen LogP contribution in [0, 0.1) is 5.39 Å². The molecule has 0 amide bonds. The van der Waals surface area contributed by atoms with Gasteiger partial charge in [0.2, 0.25) is 5.39 Å². The zero-order valence-electron chi connectivity index (χ0n) is 10.7. The predicted octanol–water partition coefficient (Wildman–Crippen LogP) is 4.03. The van der Waals surface area contributed by atoms with Gasteiger partial charge in [0.15, 0.2) is 10.7 Å². The van der Waals surface area contributed by atoms with E-state index in [1.165, 1.54) is 0 Å². The van der Waals surface area contributed by atoms with E-state index in [2.05, 4.69) is 4.98 Å². The SMILES string of the molecule is COc1ccc2ccccc2c1CC/C(O)=C\[N+]#N. The number of diazo groups is 1. The first kappa shape index (κ1) is 12.9. The highest BCUT2D eigenvalue weighted by atomic mass is 16.5. The molecule has 0 spiro atoms. The summed E-state index contributed by atoms with van der Waals surface area (Å²) >= 11 is 0. The van der Waals surface area contributed by atoms with Crippen LogP contribution in [0.15, 0.2) is 48.4 Å². The molecule has 0 aliphatic rings. The van der Waals surface area contributed by atoms with Crippen molar-refractivity contribution < 1.29 is 9.84 Å². The van der Waals surface area contributed by atoms with Crippen LogP contribution in [-0.4, -0.2) is 12.2 Å². The van der Waals surface area contributed by atoms with Crippen molar-refractivity contribution in [2.75, 3.05) is 7.11 Å². The molecule has 0 fully saturated rings. The minimum absolute atomic E-state index is 0.0393. The molecule has 0 saturated heterocycles. The Hall–Kier alpha value is -2.54. The molecule has 0 aromatic heterocycles. The smallest absolute Gasteiger partial charge is 0.387 e. The third kappa shape index (κ3) is 2.83. The number of aryl methyl sites for hydroxylation is 1. The monoisotopic (exact) mass is 255 g/mol. The van der Waals surface area contributed by atoms with E-state index in [-0.39, 0.29) is 5.76 Å². The van der Waals surface area contributed by atoms with E-state index in [1.54, 1.807) is 7.11 Å². The fourth-order valence-electron chi connectivity index (χ4n) is 2.15. The van der Waals surface area contributed by atoms with Crippen molar-refractivity contribution >= 4 is 10.8 Å². The second kappa shape index (κ2) is 5.87. The van der Waals surface area contributed by atoms with Gasteiger partial charge in [-0.3, -0.25) is 0 Å². The Morgan fingerprint density at radius 3 is 2.84 bits per heavy atom. The molecule has 0 radical (unpaired) electrons. The Morgan fingerprint density at radius 2 is 2.11 bits per heavy atom. The summed E-state index contributed by atoms with van der Waals surface area (Å²) in [6.07, 6.45) is 2.05. The van der Waals surface area contributed by atoms with Gasteiger partial charge >= 0.3 is 6.20 Å². The highest BCUT2D eigenvalue weighted by Gasteiger charge is 2.10. The van der Waals surface area contributed by atoms with Gasteiger partial charge in [-0.1, -0.05) is 30.3 Å². The number of aliphatic hydroxyl groups is 1. The molecule has 96 valence electrons. The molecule has 0 unspecified atom stereocenters. The van der Waals surface area contributed by atoms with Gasteiger partial charge in [-0.05, 0) is 23.3 Å². The average molecular weight is 255 g/mol. The zero-order chi connectivity index (χ0) is 13.7. The second-order valence-electron chi connectivity index (χ2n) is 4.20. The van der Waals surface area contributed by atoms with Crippen LogP contribution in [0.3, 0.4) is 0 Å². The summed E-state index contributed by atoms with van der Waals surface area (Å²) in [5.41, 5.74) is 1.04. The van der Waals surface area contributed by atoms with Crippen LogP contribution in [0.5, 0.6) is 5.75 Å². The van der Waals surface area contributed by atoms with E-state index in [9.17, 15) is 5.11 Å². The number of hydrogen-bond donors (Lipinski definition) is 1. The number of aliphatic hydroxyl groups excluding tert-OH is 1. The van der Waals surface area contributed by atoms with Crippen molar-refractivity contribution in [3.05, 3.63) is 58.9 Å². The Labute approximate surface area is 111 Å². The number of methoxy groups -OCH3 is 1. The maximum absolute atomic E-state index is 9.51. The fraction of sp³-hybridized carbons (Fsp3) is 0.200. The summed E-state index contributed by atoms with van der Waals surface area (Å²) in [5.74, 6) is 0.838. The van der Waals surface area contributed by atoms with E-state index < -0.39 is 0 Å². The summed E-state index contributed by atoms with van der Waals surface area (Å²) < 4.78 is 5.37. The van der Waals surface area contributed by atoms with Gasteiger partial charge < -0.3 is 9.84 Å². The number of nitrogens with zero attached hydrogens (tertiary/aromatic N) is 2. The highest BCUT2D eigenvalue weighted by Crippen LogP contribution is 2.29. The van der Waals surface area contributed by atoms with Crippen LogP contribution in [0.1, 0.15) is 12.0 Å². The lowest BCUT2D eigenvalue weighted by Crippen LogP contribution is -1.95. The van der Waals surface area contributed by atoms with Crippen molar-refractivity contribution in [2.24, 2.45) is 0 Å². The molecule has 0 aliphatic carbocycles. The summed E-state index contributed by atoms with van der Waals surface area (Å²) in [5, 5.41) is 20.1. The fourth-order valence-corrected chi connectivity index (χ4v) is 2.15. The van der Waals surface area contributed by atoms with Gasteiger partial charge in [-0.2, -0.15) is 0 Å². The lowest BCUT2D eigenvalue weighted by atomic mass is 9.99. The largest absolute Gasteiger partial charge is 0.505 e. The topological polar surface area (TPSA) is 57.6 Å². The van der Waals surface area contributed by atoms with E-state index in [0.29, 0.717) is 12.8 Å². The lowest BCUT2D eigenvalue weighted by Gasteiger charge is -2.11. The molecule has 19 heavy (non-hydrogen) atoms. The van der Waals surface area contributed by atoms with Crippen LogP contribution in [-0.2, 0) is 6.42 Å². The summed E-state index contributed by atoms with van der Waals surface area (Å²) in [4.78, 5) is 2.81. The number of allylic oxidation sites excluding steroid dienone is 1. The molecular formula is C15H15N2O2+. The third-order valence-corrected chi connectivity index (χ3v) is 3.06. The molecule has 1 N–H and O–H groups in total. The van der Waals surface area contributed by atoms with Crippen LogP contribution >= 0.6 is 0 Å².